The molecule has 2 aliphatic heterocycles. The lowest BCUT2D eigenvalue weighted by molar-refractivity contribution is -0.140. The summed E-state index contributed by atoms with van der Waals surface area (Å²) in [5.41, 5.74) is 0. The lowest BCUT2D eigenvalue weighted by Gasteiger charge is -2.43. The zero-order valence-electron chi connectivity index (χ0n) is 7.75. The van der Waals surface area contributed by atoms with Gasteiger partial charge in [0.1, 0.15) is 0 Å². The summed E-state index contributed by atoms with van der Waals surface area (Å²) in [7, 11) is 0. The van der Waals surface area contributed by atoms with Crippen molar-refractivity contribution in [3.63, 3.8) is 0 Å². The Labute approximate surface area is 73.9 Å². The van der Waals surface area contributed by atoms with Crippen LogP contribution in [0, 0.1) is 5.92 Å². The fraction of sp³-hybridized carbons (Fsp3) is 0.900. The second-order valence-corrected chi connectivity index (χ2v) is 4.17. The Hall–Kier alpha value is -0.530. The number of rotatable bonds is 0. The lowest BCUT2D eigenvalue weighted by atomic mass is 9.85. The Balaban J connectivity index is 2.11. The van der Waals surface area contributed by atoms with Crippen molar-refractivity contribution >= 4 is 5.91 Å². The highest BCUT2D eigenvalue weighted by Gasteiger charge is 2.34. The van der Waals surface area contributed by atoms with Gasteiger partial charge in [-0.2, -0.15) is 0 Å². The lowest BCUT2D eigenvalue weighted by Crippen LogP contribution is -2.50. The number of fused-ring (bicyclic) bond motifs is 1. The molecule has 0 radical (unpaired) electrons. The van der Waals surface area contributed by atoms with Crippen LogP contribution in [0.3, 0.4) is 0 Å². The number of carbonyl (C=O) groups is 1. The van der Waals surface area contributed by atoms with Crippen molar-refractivity contribution in [1.82, 2.24) is 4.90 Å². The smallest absolute Gasteiger partial charge is 0.222 e. The van der Waals surface area contributed by atoms with E-state index >= 15 is 0 Å². The van der Waals surface area contributed by atoms with Crippen LogP contribution in [0.1, 0.15) is 39.0 Å². The van der Waals surface area contributed by atoms with Crippen molar-refractivity contribution in [2.75, 3.05) is 6.54 Å². The Kier molecular flexibility index (Phi) is 2.07. The van der Waals surface area contributed by atoms with Crippen molar-refractivity contribution in [1.29, 1.82) is 0 Å². The van der Waals surface area contributed by atoms with Gasteiger partial charge in [0.25, 0.3) is 0 Å². The summed E-state index contributed by atoms with van der Waals surface area (Å²) < 4.78 is 0. The third kappa shape index (κ3) is 1.23. The van der Waals surface area contributed by atoms with Crippen molar-refractivity contribution in [3.8, 4) is 0 Å². The molecule has 68 valence electrons. The minimum atomic E-state index is 0.401. The Bertz CT molecular complexity index is 190. The average molecular weight is 167 g/mol. The van der Waals surface area contributed by atoms with Crippen molar-refractivity contribution in [2.45, 2.75) is 45.1 Å². The molecule has 0 aromatic heterocycles. The van der Waals surface area contributed by atoms with E-state index in [9.17, 15) is 4.79 Å². The predicted octanol–water partition coefficient (Wildman–Crippen LogP) is 1.80. The van der Waals surface area contributed by atoms with Gasteiger partial charge < -0.3 is 4.90 Å². The van der Waals surface area contributed by atoms with Crippen LogP contribution in [-0.2, 0) is 4.79 Å². The third-order valence-corrected chi connectivity index (χ3v) is 3.34. The minimum Gasteiger partial charge on any atom is -0.339 e. The van der Waals surface area contributed by atoms with Crippen LogP contribution in [0.2, 0.25) is 0 Å². The topological polar surface area (TPSA) is 20.3 Å². The van der Waals surface area contributed by atoms with E-state index in [4.69, 9.17) is 0 Å². The van der Waals surface area contributed by atoms with Crippen molar-refractivity contribution in [2.24, 2.45) is 5.92 Å². The molecule has 2 heteroatoms. The number of amides is 1. The quantitative estimate of drug-likeness (QED) is 0.538. The van der Waals surface area contributed by atoms with Crippen LogP contribution < -0.4 is 0 Å². The van der Waals surface area contributed by atoms with E-state index in [1.54, 1.807) is 0 Å². The summed E-state index contributed by atoms with van der Waals surface area (Å²) in [6, 6.07) is 0.583. The fourth-order valence-corrected chi connectivity index (χ4v) is 2.55. The minimum absolute atomic E-state index is 0.401. The molecule has 2 saturated heterocycles. The van der Waals surface area contributed by atoms with Gasteiger partial charge in [0.15, 0.2) is 0 Å². The van der Waals surface area contributed by atoms with Crippen molar-refractivity contribution in [3.05, 3.63) is 0 Å². The van der Waals surface area contributed by atoms with Gasteiger partial charge in [0.05, 0.1) is 0 Å². The highest BCUT2D eigenvalue weighted by atomic mass is 16.2. The van der Waals surface area contributed by atoms with Gasteiger partial charge in [-0.25, -0.2) is 0 Å². The summed E-state index contributed by atoms with van der Waals surface area (Å²) in [5.74, 6) is 1.14. The van der Waals surface area contributed by atoms with Crippen LogP contribution in [0.5, 0.6) is 0 Å². The van der Waals surface area contributed by atoms with Gasteiger partial charge in [-0.15, -0.1) is 0 Å². The van der Waals surface area contributed by atoms with E-state index in [2.05, 4.69) is 11.8 Å². The van der Waals surface area contributed by atoms with E-state index in [0.29, 0.717) is 11.9 Å². The number of nitrogens with zero attached hydrogens (tertiary/aromatic N) is 1. The molecule has 2 heterocycles. The molecule has 0 spiro atoms. The summed E-state index contributed by atoms with van der Waals surface area (Å²) in [5, 5.41) is 0. The molecule has 0 saturated carbocycles. The second-order valence-electron chi connectivity index (χ2n) is 4.17. The van der Waals surface area contributed by atoms with Crippen LogP contribution >= 0.6 is 0 Å². The maximum absolute atomic E-state index is 11.5. The molecule has 1 amide bonds. The molecule has 0 unspecified atom stereocenters. The van der Waals surface area contributed by atoms with Crippen LogP contribution in [0.15, 0.2) is 0 Å². The van der Waals surface area contributed by atoms with Gasteiger partial charge in [-0.1, -0.05) is 6.92 Å². The highest BCUT2D eigenvalue weighted by molar-refractivity contribution is 5.77. The van der Waals surface area contributed by atoms with Gasteiger partial charge in [0, 0.05) is 19.0 Å². The average Bonchev–Trinajstić information content (AvgIpc) is 2.12. The van der Waals surface area contributed by atoms with Gasteiger partial charge in [-0.05, 0) is 31.6 Å². The molecular formula is C10H17NO. The standard InChI is InChI=1S/C10H17NO/c1-8-5-6-10(12)11-7-3-2-4-9(8)11/h8-9H,2-7H2,1H3/t8-,9+/m0/s1. The first kappa shape index (κ1) is 8.09. The molecule has 0 aromatic carbocycles. The van der Waals surface area contributed by atoms with Crippen LogP contribution in [-0.4, -0.2) is 23.4 Å². The third-order valence-electron chi connectivity index (χ3n) is 3.34. The van der Waals surface area contributed by atoms with E-state index in [1.165, 1.54) is 19.3 Å². The molecule has 0 bridgehead atoms. The van der Waals surface area contributed by atoms with E-state index in [1.807, 2.05) is 0 Å². The molecule has 2 aliphatic rings. The number of hydrogen-bond acceptors (Lipinski definition) is 1. The van der Waals surface area contributed by atoms with Crippen LogP contribution in [0.25, 0.3) is 0 Å². The molecule has 2 atom stereocenters. The number of piperidine rings is 2. The SMILES string of the molecule is C[C@H]1CCC(=O)N2CCCC[C@H]12. The predicted molar refractivity (Wildman–Crippen MR) is 47.8 cm³/mol. The maximum Gasteiger partial charge on any atom is 0.222 e. The molecule has 0 N–H and O–H groups in total. The van der Waals surface area contributed by atoms with Gasteiger partial charge in [-0.3, -0.25) is 4.79 Å². The van der Waals surface area contributed by atoms with Crippen molar-refractivity contribution < 1.29 is 4.79 Å². The first-order valence-corrected chi connectivity index (χ1v) is 5.08. The molecule has 0 aromatic rings. The zero-order valence-corrected chi connectivity index (χ0v) is 7.75. The van der Waals surface area contributed by atoms with E-state index < -0.39 is 0 Å². The summed E-state index contributed by atoms with van der Waals surface area (Å²) >= 11 is 0. The van der Waals surface area contributed by atoms with Crippen LogP contribution in [0.4, 0.5) is 0 Å². The molecule has 0 aliphatic carbocycles. The summed E-state index contributed by atoms with van der Waals surface area (Å²) in [4.78, 5) is 13.6. The summed E-state index contributed by atoms with van der Waals surface area (Å²) in [6.45, 7) is 3.31. The molecule has 12 heavy (non-hydrogen) atoms. The summed E-state index contributed by atoms with van der Waals surface area (Å²) in [6.07, 6.45) is 5.68. The molecule has 2 nitrogen and oxygen atoms in total. The first-order chi connectivity index (χ1) is 5.79. The normalized spacial score (nSPS) is 36.4. The maximum atomic E-state index is 11.5. The van der Waals surface area contributed by atoms with Gasteiger partial charge >= 0.3 is 0 Å². The Morgan fingerprint density at radius 2 is 2.17 bits per heavy atom. The van der Waals surface area contributed by atoms with Gasteiger partial charge in [0.2, 0.25) is 5.91 Å². The molecular weight excluding hydrogens is 150 g/mol. The number of carbonyl (C=O) groups excluding carboxylic acids is 1. The number of hydrogen-bond donors (Lipinski definition) is 0. The largest absolute Gasteiger partial charge is 0.339 e. The Morgan fingerprint density at radius 1 is 1.33 bits per heavy atom. The van der Waals surface area contributed by atoms with E-state index in [0.717, 1.165) is 25.3 Å². The zero-order chi connectivity index (χ0) is 8.55. The monoisotopic (exact) mass is 167 g/mol. The first-order valence-electron chi connectivity index (χ1n) is 5.08. The van der Waals surface area contributed by atoms with E-state index in [-0.39, 0.29) is 0 Å². The Morgan fingerprint density at radius 3 is 2.92 bits per heavy atom. The molecule has 2 fully saturated rings. The fourth-order valence-electron chi connectivity index (χ4n) is 2.55. The second kappa shape index (κ2) is 3.08. The molecule has 2 rings (SSSR count). The highest BCUT2D eigenvalue weighted by Crippen LogP contribution is 2.30.